The van der Waals surface area contributed by atoms with Crippen molar-refractivity contribution in [3.63, 3.8) is 0 Å². The zero-order valence-corrected chi connectivity index (χ0v) is 20.8. The molecule has 0 radical (unpaired) electrons. The average molecular weight is 491 g/mol. The summed E-state index contributed by atoms with van der Waals surface area (Å²) in [7, 11) is 0. The van der Waals surface area contributed by atoms with Crippen LogP contribution >= 0.6 is 0 Å². The Morgan fingerprint density at radius 3 is 2.50 bits per heavy atom. The SMILES string of the molecule is C=Cc1cc2ccc1/C(=C\C)C(O)OCCc1c(CO)ccc3c(CO)c(ccc13)C(C)(O)OCC2. The molecule has 2 atom stereocenters. The van der Waals surface area contributed by atoms with Crippen LogP contribution in [0.4, 0.5) is 0 Å². The Morgan fingerprint density at radius 2 is 1.81 bits per heavy atom. The van der Waals surface area contributed by atoms with Gasteiger partial charge in [0.25, 0.3) is 0 Å². The molecule has 4 heterocycles. The maximum atomic E-state index is 11.3. The summed E-state index contributed by atoms with van der Waals surface area (Å²) in [6, 6.07) is 13.2. The third-order valence-corrected chi connectivity index (χ3v) is 6.97. The standard InChI is InChI=1S/C30H34O6/c1-4-20-16-19-6-8-23(20)22(5-2)29(33)35-14-13-24-21(17-31)7-9-26-25(24)10-11-28(27(26)18-32)30(3,34)36-15-12-19/h4-11,16,29,31-34H,1,12-15,17-18H2,2-3H3/b22-5+. The van der Waals surface area contributed by atoms with E-state index in [-0.39, 0.29) is 26.4 Å². The van der Waals surface area contributed by atoms with E-state index in [0.29, 0.717) is 29.5 Å². The highest BCUT2D eigenvalue weighted by Crippen LogP contribution is 2.35. The van der Waals surface area contributed by atoms with Gasteiger partial charge in [0, 0.05) is 11.1 Å². The molecule has 0 saturated heterocycles. The summed E-state index contributed by atoms with van der Waals surface area (Å²) in [5.41, 5.74) is 6.00. The lowest BCUT2D eigenvalue weighted by atomic mass is 9.89. The fraction of sp³-hybridized carbons (Fsp3) is 0.333. The highest BCUT2D eigenvalue weighted by atomic mass is 16.6. The van der Waals surface area contributed by atoms with E-state index < -0.39 is 12.1 Å². The molecule has 6 heteroatoms. The molecule has 7 rings (SSSR count). The molecular weight excluding hydrogens is 456 g/mol. The van der Waals surface area contributed by atoms with Crippen LogP contribution in [-0.4, -0.2) is 39.9 Å². The molecule has 190 valence electrons. The number of ether oxygens (including phenoxy) is 2. The predicted molar refractivity (Wildman–Crippen MR) is 141 cm³/mol. The number of rotatable bonds is 3. The van der Waals surface area contributed by atoms with Gasteiger partial charge in [0.05, 0.1) is 26.4 Å². The second-order valence-corrected chi connectivity index (χ2v) is 9.13. The molecule has 4 N–H and O–H groups in total. The van der Waals surface area contributed by atoms with Gasteiger partial charge in [0.15, 0.2) is 12.1 Å². The number of aliphatic hydroxyl groups excluding tert-OH is 3. The van der Waals surface area contributed by atoms with Gasteiger partial charge < -0.3 is 29.9 Å². The van der Waals surface area contributed by atoms with E-state index in [9.17, 15) is 20.4 Å². The molecule has 0 aliphatic carbocycles. The van der Waals surface area contributed by atoms with Crippen LogP contribution in [0.3, 0.4) is 0 Å². The second-order valence-electron chi connectivity index (χ2n) is 9.13. The monoisotopic (exact) mass is 490 g/mol. The zero-order valence-electron chi connectivity index (χ0n) is 20.8. The second kappa shape index (κ2) is 11.0. The average Bonchev–Trinajstić information content (AvgIpc) is 2.88. The summed E-state index contributed by atoms with van der Waals surface area (Å²) >= 11 is 0. The molecule has 3 aromatic carbocycles. The first kappa shape index (κ1) is 26.2. The lowest BCUT2D eigenvalue weighted by Gasteiger charge is -2.28. The van der Waals surface area contributed by atoms with Gasteiger partial charge in [-0.1, -0.05) is 61.2 Å². The van der Waals surface area contributed by atoms with Crippen molar-refractivity contribution in [2.75, 3.05) is 13.2 Å². The summed E-state index contributed by atoms with van der Waals surface area (Å²) in [6.45, 7) is 7.40. The normalized spacial score (nSPS) is 22.3. The van der Waals surface area contributed by atoms with Gasteiger partial charge >= 0.3 is 0 Å². The van der Waals surface area contributed by atoms with Crippen molar-refractivity contribution in [3.05, 3.63) is 94.1 Å². The summed E-state index contributed by atoms with van der Waals surface area (Å²) < 4.78 is 11.8. The van der Waals surface area contributed by atoms with Crippen molar-refractivity contribution in [2.24, 2.45) is 0 Å². The maximum Gasteiger partial charge on any atom is 0.189 e. The van der Waals surface area contributed by atoms with Crippen LogP contribution in [0, 0.1) is 0 Å². The molecule has 0 fully saturated rings. The molecular formula is C30H34O6. The van der Waals surface area contributed by atoms with Crippen LogP contribution in [0.5, 0.6) is 0 Å². The third-order valence-electron chi connectivity index (χ3n) is 6.97. The van der Waals surface area contributed by atoms with Crippen molar-refractivity contribution in [1.82, 2.24) is 0 Å². The van der Waals surface area contributed by atoms with Crippen molar-refractivity contribution in [3.8, 4) is 0 Å². The maximum absolute atomic E-state index is 11.3. The molecule has 2 unspecified atom stereocenters. The molecule has 0 aromatic heterocycles. The summed E-state index contributed by atoms with van der Waals surface area (Å²) in [6.07, 6.45) is 3.42. The quantitative estimate of drug-likeness (QED) is 0.440. The van der Waals surface area contributed by atoms with Gasteiger partial charge in [-0.25, -0.2) is 0 Å². The lowest BCUT2D eigenvalue weighted by molar-refractivity contribution is -0.198. The van der Waals surface area contributed by atoms with E-state index in [2.05, 4.69) is 6.58 Å². The number of hydrogen-bond donors (Lipinski definition) is 4. The Kier molecular flexibility index (Phi) is 8.05. The van der Waals surface area contributed by atoms with Crippen molar-refractivity contribution in [2.45, 2.75) is 52.0 Å². The first-order chi connectivity index (χ1) is 17.3. The molecule has 3 aromatic rings. The van der Waals surface area contributed by atoms with Gasteiger partial charge in [0.2, 0.25) is 0 Å². The first-order valence-corrected chi connectivity index (χ1v) is 12.2. The summed E-state index contributed by atoms with van der Waals surface area (Å²) in [5.74, 6) is -1.61. The van der Waals surface area contributed by atoms with E-state index in [1.165, 1.54) is 0 Å². The van der Waals surface area contributed by atoms with E-state index >= 15 is 0 Å². The molecule has 0 spiro atoms. The Labute approximate surface area is 211 Å². The number of hydrogen-bond acceptors (Lipinski definition) is 6. The molecule has 6 nitrogen and oxygen atoms in total. The third kappa shape index (κ3) is 5.02. The summed E-state index contributed by atoms with van der Waals surface area (Å²) in [5, 5.41) is 44.0. The van der Waals surface area contributed by atoms with Gasteiger partial charge in [-0.05, 0) is 70.8 Å². The molecule has 4 aliphatic rings. The predicted octanol–water partition coefficient (Wildman–Crippen LogP) is 4.19. The highest BCUT2D eigenvalue weighted by Gasteiger charge is 2.28. The highest BCUT2D eigenvalue weighted by molar-refractivity contribution is 5.90. The van der Waals surface area contributed by atoms with Gasteiger partial charge in [-0.2, -0.15) is 0 Å². The molecule has 0 amide bonds. The topological polar surface area (TPSA) is 99.4 Å². The largest absolute Gasteiger partial charge is 0.392 e. The van der Waals surface area contributed by atoms with Crippen LogP contribution in [0.2, 0.25) is 0 Å². The molecule has 6 bridgehead atoms. The Hall–Kier alpha value is -2.84. The Bertz CT molecular complexity index is 1290. The minimum Gasteiger partial charge on any atom is -0.392 e. The van der Waals surface area contributed by atoms with Crippen LogP contribution in [-0.2, 0) is 41.3 Å². The number of aliphatic hydroxyl groups is 4. The summed E-state index contributed by atoms with van der Waals surface area (Å²) in [4.78, 5) is 0. The molecule has 0 saturated carbocycles. The lowest BCUT2D eigenvalue weighted by Crippen LogP contribution is -2.28. The van der Waals surface area contributed by atoms with Crippen LogP contribution < -0.4 is 0 Å². The number of allylic oxidation sites excluding steroid dienone is 1. The number of benzene rings is 3. The minimum atomic E-state index is -1.61. The van der Waals surface area contributed by atoms with E-state index in [1.54, 1.807) is 19.1 Å². The molecule has 36 heavy (non-hydrogen) atoms. The molecule has 4 aliphatic heterocycles. The fourth-order valence-electron chi connectivity index (χ4n) is 5.06. The van der Waals surface area contributed by atoms with Gasteiger partial charge in [0.1, 0.15) is 0 Å². The van der Waals surface area contributed by atoms with E-state index in [4.69, 9.17) is 9.47 Å². The minimum absolute atomic E-state index is 0.153. The van der Waals surface area contributed by atoms with Crippen LogP contribution in [0.25, 0.3) is 22.4 Å². The van der Waals surface area contributed by atoms with Crippen LogP contribution in [0.1, 0.15) is 52.8 Å². The Morgan fingerprint density at radius 1 is 1.03 bits per heavy atom. The van der Waals surface area contributed by atoms with Crippen molar-refractivity contribution < 1.29 is 29.9 Å². The van der Waals surface area contributed by atoms with E-state index in [0.717, 1.165) is 38.6 Å². The van der Waals surface area contributed by atoms with E-state index in [1.807, 2.05) is 49.4 Å². The van der Waals surface area contributed by atoms with Gasteiger partial charge in [-0.3, -0.25) is 0 Å². The van der Waals surface area contributed by atoms with Crippen LogP contribution in [0.15, 0.2) is 55.1 Å². The van der Waals surface area contributed by atoms with Crippen molar-refractivity contribution >= 4 is 22.4 Å². The van der Waals surface area contributed by atoms with Gasteiger partial charge in [-0.15, -0.1) is 0 Å². The smallest absolute Gasteiger partial charge is 0.189 e. The zero-order chi connectivity index (χ0) is 25.9. The van der Waals surface area contributed by atoms with Crippen molar-refractivity contribution in [1.29, 1.82) is 0 Å². The Balaban J connectivity index is 1.84. The first-order valence-electron chi connectivity index (χ1n) is 12.2. The fourth-order valence-corrected chi connectivity index (χ4v) is 5.06.